The molecule has 230 valence electrons. The van der Waals surface area contributed by atoms with Gasteiger partial charge < -0.3 is 28.4 Å². The molecule has 13 nitrogen and oxygen atoms in total. The monoisotopic (exact) mass is 610 g/mol. The molecule has 0 aromatic heterocycles. The number of hydrogen-bond acceptors (Lipinski definition) is 12. The molecule has 2 saturated carbocycles. The van der Waals surface area contributed by atoms with E-state index < -0.39 is 100 Å². The van der Waals surface area contributed by atoms with Gasteiger partial charge in [0.15, 0.2) is 18.3 Å². The fourth-order valence-corrected chi connectivity index (χ4v) is 7.65. The van der Waals surface area contributed by atoms with Crippen LogP contribution in [0.4, 0.5) is 8.78 Å². The zero-order valence-electron chi connectivity index (χ0n) is 22.5. The third-order valence-corrected chi connectivity index (χ3v) is 10.1. The Balaban J connectivity index is 1.17. The van der Waals surface area contributed by atoms with E-state index in [4.69, 9.17) is 28.2 Å². The number of ether oxygens (including phenoxy) is 6. The lowest BCUT2D eigenvalue weighted by atomic mass is 9.75. The molecule has 1 N–H and O–H groups in total. The minimum Gasteiger partial charge on any atom is -0.458 e. The van der Waals surface area contributed by atoms with Crippen molar-refractivity contribution in [3.63, 3.8) is 0 Å². The molecule has 2 aliphatic carbocycles. The Morgan fingerprint density at radius 1 is 1.10 bits per heavy atom. The van der Waals surface area contributed by atoms with Gasteiger partial charge in [-0.1, -0.05) is 13.8 Å². The van der Waals surface area contributed by atoms with E-state index in [1.54, 1.807) is 0 Å². The molecule has 0 amide bonds. The number of rotatable bonds is 11. The molecule has 0 aromatic carbocycles. The van der Waals surface area contributed by atoms with Gasteiger partial charge in [-0.3, -0.25) is 14.1 Å². The molecule has 3 saturated heterocycles. The van der Waals surface area contributed by atoms with Crippen molar-refractivity contribution in [2.24, 2.45) is 29.6 Å². The smallest absolute Gasteiger partial charge is 0.405 e. The summed E-state index contributed by atoms with van der Waals surface area (Å²) in [6, 6.07) is 0. The van der Waals surface area contributed by atoms with Gasteiger partial charge in [0.1, 0.15) is 42.9 Å². The van der Waals surface area contributed by atoms with Crippen molar-refractivity contribution in [3.8, 4) is 0 Å². The number of carbonyl (C=O) groups excluding carboxylic acids is 4. The summed E-state index contributed by atoms with van der Waals surface area (Å²) in [5, 5.41) is -4.76. The molecule has 0 radical (unpaired) electrons. The third kappa shape index (κ3) is 4.99. The summed E-state index contributed by atoms with van der Waals surface area (Å²) in [5.74, 6) is -4.87. The molecule has 5 fully saturated rings. The van der Waals surface area contributed by atoms with Crippen LogP contribution < -0.4 is 0 Å². The quantitative estimate of drug-likeness (QED) is 0.199. The van der Waals surface area contributed by atoms with Gasteiger partial charge in [0.2, 0.25) is 0 Å². The second-order valence-corrected chi connectivity index (χ2v) is 13.2. The van der Waals surface area contributed by atoms with Crippen molar-refractivity contribution in [3.05, 3.63) is 0 Å². The summed E-state index contributed by atoms with van der Waals surface area (Å²) in [6.45, 7) is 2.68. The van der Waals surface area contributed by atoms with Crippen LogP contribution in [0.3, 0.4) is 0 Å². The lowest BCUT2D eigenvalue weighted by Gasteiger charge is -2.42. The Hall–Kier alpha value is -2.43. The summed E-state index contributed by atoms with van der Waals surface area (Å²) in [6.07, 6.45) is -2.64. The van der Waals surface area contributed by atoms with Crippen molar-refractivity contribution in [1.29, 1.82) is 0 Å². The molecule has 0 aromatic rings. The fourth-order valence-electron chi connectivity index (χ4n) is 7.18. The van der Waals surface area contributed by atoms with E-state index in [1.165, 1.54) is 0 Å². The maximum atomic E-state index is 13.6. The Morgan fingerprint density at radius 3 is 2.37 bits per heavy atom. The number of alkyl halides is 2. The predicted molar refractivity (Wildman–Crippen MR) is 127 cm³/mol. The summed E-state index contributed by atoms with van der Waals surface area (Å²) in [4.78, 5) is 50.4. The van der Waals surface area contributed by atoms with Crippen molar-refractivity contribution in [1.82, 2.24) is 0 Å². The molecule has 10 atom stereocenters. The molecular formula is C25H32F2O13S. The molecule has 41 heavy (non-hydrogen) atoms. The Labute approximate surface area is 234 Å². The fraction of sp³-hybridized carbons (Fsp3) is 0.840. The van der Waals surface area contributed by atoms with Crippen LogP contribution in [0.25, 0.3) is 0 Å². The standard InChI is InChI=1S/C25H32F2O13S/c1-10(2)24(7-12-4-5-13(24)6-12)40-23(31)17-16-18-21(39-22(16)30)20(19(17)38-18)37-15(29)9-35-8-14(28)36-11(3)25(26,27)41(32,33)34/h10-13,16-21H,4-9H2,1-3H3,(H,32,33,34). The molecule has 0 spiro atoms. The van der Waals surface area contributed by atoms with Gasteiger partial charge in [0.25, 0.3) is 0 Å². The average Bonchev–Trinajstić information content (AvgIpc) is 3.66. The lowest BCUT2D eigenvalue weighted by Crippen LogP contribution is -2.52. The SMILES string of the molecule is CC(C)C1(OC(=O)C2C3OC4C(OC(=O)C42)C3OC(=O)COCC(=O)OC(C)C(F)(F)S(=O)(=O)O)CC2CCC1C2. The van der Waals surface area contributed by atoms with Crippen molar-refractivity contribution < 1.29 is 69.4 Å². The van der Waals surface area contributed by atoms with E-state index in [-0.39, 0.29) is 11.8 Å². The Morgan fingerprint density at radius 2 is 1.78 bits per heavy atom. The average molecular weight is 611 g/mol. The van der Waals surface area contributed by atoms with Crippen molar-refractivity contribution in [2.45, 2.75) is 87.8 Å². The molecule has 5 rings (SSSR count). The predicted octanol–water partition coefficient (Wildman–Crippen LogP) is 1.02. The van der Waals surface area contributed by atoms with Crippen LogP contribution in [0.2, 0.25) is 0 Å². The van der Waals surface area contributed by atoms with Gasteiger partial charge >= 0.3 is 39.2 Å². The van der Waals surface area contributed by atoms with Crippen LogP contribution in [0, 0.1) is 29.6 Å². The highest BCUT2D eigenvalue weighted by Gasteiger charge is 2.72. The van der Waals surface area contributed by atoms with Crippen LogP contribution in [0.1, 0.15) is 46.5 Å². The lowest BCUT2D eigenvalue weighted by molar-refractivity contribution is -0.185. The number of halogens is 2. The highest BCUT2D eigenvalue weighted by atomic mass is 32.2. The first-order valence-corrected chi connectivity index (χ1v) is 14.9. The zero-order chi connectivity index (χ0) is 30.1. The molecule has 5 aliphatic rings. The molecule has 10 unspecified atom stereocenters. The Bertz CT molecular complexity index is 1220. The van der Waals surface area contributed by atoms with Gasteiger partial charge in [-0.05, 0) is 50.4 Å². The Kier molecular flexibility index (Phi) is 7.61. The van der Waals surface area contributed by atoms with Gasteiger partial charge in [-0.25, -0.2) is 9.59 Å². The zero-order valence-corrected chi connectivity index (χ0v) is 23.3. The van der Waals surface area contributed by atoms with E-state index in [0.29, 0.717) is 12.8 Å². The number of carbonyl (C=O) groups is 4. The highest BCUT2D eigenvalue weighted by molar-refractivity contribution is 7.86. The highest BCUT2D eigenvalue weighted by Crippen LogP contribution is 2.57. The summed E-state index contributed by atoms with van der Waals surface area (Å²) in [7, 11) is -5.84. The molecule has 3 aliphatic heterocycles. The first-order valence-electron chi connectivity index (χ1n) is 13.5. The normalized spacial score (nSPS) is 37.8. The van der Waals surface area contributed by atoms with Crippen LogP contribution >= 0.6 is 0 Å². The van der Waals surface area contributed by atoms with E-state index >= 15 is 0 Å². The van der Waals surface area contributed by atoms with Gasteiger partial charge in [-0.15, -0.1) is 0 Å². The van der Waals surface area contributed by atoms with E-state index in [1.807, 2.05) is 13.8 Å². The largest absolute Gasteiger partial charge is 0.458 e. The maximum Gasteiger partial charge on any atom is 0.405 e. The van der Waals surface area contributed by atoms with Crippen LogP contribution in [-0.4, -0.2) is 91.4 Å². The number of esters is 4. The molecule has 4 bridgehead atoms. The van der Waals surface area contributed by atoms with Crippen LogP contribution in [0.15, 0.2) is 0 Å². The van der Waals surface area contributed by atoms with E-state index in [2.05, 4.69) is 4.74 Å². The van der Waals surface area contributed by atoms with Gasteiger partial charge in [-0.2, -0.15) is 17.2 Å². The van der Waals surface area contributed by atoms with Crippen molar-refractivity contribution >= 4 is 34.0 Å². The summed E-state index contributed by atoms with van der Waals surface area (Å²) >= 11 is 0. The van der Waals surface area contributed by atoms with Crippen LogP contribution in [-0.2, 0) is 57.7 Å². The number of hydrogen-bond donors (Lipinski definition) is 1. The minimum absolute atomic E-state index is 0.0595. The second-order valence-electron chi connectivity index (χ2n) is 11.7. The van der Waals surface area contributed by atoms with E-state index in [9.17, 15) is 36.4 Å². The molecule has 3 heterocycles. The van der Waals surface area contributed by atoms with Gasteiger partial charge in [0, 0.05) is 0 Å². The first-order chi connectivity index (χ1) is 19.1. The summed E-state index contributed by atoms with van der Waals surface area (Å²) < 4.78 is 89.0. The van der Waals surface area contributed by atoms with Gasteiger partial charge in [0.05, 0.1) is 0 Å². The topological polar surface area (TPSA) is 178 Å². The minimum atomic E-state index is -5.84. The summed E-state index contributed by atoms with van der Waals surface area (Å²) in [5.41, 5.74) is -0.638. The first kappa shape index (κ1) is 30.0. The maximum absolute atomic E-state index is 13.6. The molecular weight excluding hydrogens is 578 g/mol. The second kappa shape index (κ2) is 10.4. The molecule has 16 heteroatoms. The third-order valence-electron chi connectivity index (χ3n) is 9.12. The van der Waals surface area contributed by atoms with E-state index in [0.717, 1.165) is 25.7 Å². The van der Waals surface area contributed by atoms with Crippen LogP contribution in [0.5, 0.6) is 0 Å². The van der Waals surface area contributed by atoms with Crippen molar-refractivity contribution in [2.75, 3.05) is 13.2 Å². The number of fused-ring (bicyclic) bond motifs is 3.